The van der Waals surface area contributed by atoms with Gasteiger partial charge in [0.05, 0.1) is 0 Å². The van der Waals surface area contributed by atoms with Crippen molar-refractivity contribution in [3.63, 3.8) is 0 Å². The number of rotatable bonds is 6. The van der Waals surface area contributed by atoms with Crippen molar-refractivity contribution in [2.45, 2.75) is 20.3 Å². The molecule has 6 heteroatoms. The van der Waals surface area contributed by atoms with Gasteiger partial charge in [0.15, 0.2) is 0 Å². The summed E-state index contributed by atoms with van der Waals surface area (Å²) in [4.78, 5) is 20.9. The van der Waals surface area contributed by atoms with Gasteiger partial charge in [-0.2, -0.15) is 0 Å². The van der Waals surface area contributed by atoms with Crippen molar-refractivity contribution in [3.8, 4) is 0 Å². The topological polar surface area (TPSA) is 66.9 Å². The summed E-state index contributed by atoms with van der Waals surface area (Å²) in [5.74, 6) is 0.162. The molecule has 2 N–H and O–H groups in total. The molecule has 3 rings (SSSR count). The highest BCUT2D eigenvalue weighted by Gasteiger charge is 2.09. The summed E-state index contributed by atoms with van der Waals surface area (Å²) in [7, 11) is 0. The number of nitrogens with one attached hydrogen (secondary N) is 2. The van der Waals surface area contributed by atoms with E-state index in [1.807, 2.05) is 56.3 Å². The average Bonchev–Trinajstić information content (AvgIpc) is 2.66. The molecule has 0 atom stereocenters. The number of amides is 1. The van der Waals surface area contributed by atoms with Crippen molar-refractivity contribution < 1.29 is 4.79 Å². The lowest BCUT2D eigenvalue weighted by atomic mass is 10.1. The van der Waals surface area contributed by atoms with Gasteiger partial charge in [0, 0.05) is 23.5 Å². The van der Waals surface area contributed by atoms with E-state index in [1.165, 1.54) is 5.56 Å². The van der Waals surface area contributed by atoms with E-state index >= 15 is 0 Å². The number of hydrogen-bond donors (Lipinski definition) is 2. The van der Waals surface area contributed by atoms with Gasteiger partial charge in [-0.1, -0.05) is 35.9 Å². The van der Waals surface area contributed by atoms with E-state index in [2.05, 4.69) is 20.6 Å². The maximum Gasteiger partial charge on any atom is 0.270 e. The molecule has 1 aromatic heterocycles. The Bertz CT molecular complexity index is 958. The fourth-order valence-electron chi connectivity index (χ4n) is 2.66. The standard InChI is InChI=1S/C21H21ClN4O/c1-14-5-3-8-18(15(14)2)25-21-24-12-10-19(26-21)20(27)23-11-9-16-6-4-7-17(22)13-16/h3-8,10,12-13H,9,11H2,1-2H3,(H,23,27)(H,24,25,26). The van der Waals surface area contributed by atoms with Crippen LogP contribution in [0.4, 0.5) is 11.6 Å². The van der Waals surface area contributed by atoms with Crippen LogP contribution in [-0.2, 0) is 6.42 Å². The van der Waals surface area contributed by atoms with Gasteiger partial charge in [-0.15, -0.1) is 0 Å². The molecule has 0 radical (unpaired) electrons. The zero-order valence-corrected chi connectivity index (χ0v) is 16.0. The van der Waals surface area contributed by atoms with Gasteiger partial charge in [0.1, 0.15) is 5.69 Å². The minimum absolute atomic E-state index is 0.233. The number of hydrogen-bond acceptors (Lipinski definition) is 4. The third-order valence-electron chi connectivity index (χ3n) is 4.33. The highest BCUT2D eigenvalue weighted by molar-refractivity contribution is 6.30. The number of nitrogens with zero attached hydrogens (tertiary/aromatic N) is 2. The van der Waals surface area contributed by atoms with E-state index in [-0.39, 0.29) is 5.91 Å². The molecule has 0 saturated heterocycles. The van der Waals surface area contributed by atoms with Gasteiger partial charge in [0.2, 0.25) is 5.95 Å². The summed E-state index contributed by atoms with van der Waals surface area (Å²) in [6, 6.07) is 15.2. The first-order valence-corrected chi connectivity index (χ1v) is 9.09. The molecular formula is C21H21ClN4O. The van der Waals surface area contributed by atoms with Gasteiger partial charge in [-0.3, -0.25) is 4.79 Å². The van der Waals surface area contributed by atoms with Crippen LogP contribution in [0.5, 0.6) is 0 Å². The molecule has 0 aliphatic heterocycles. The highest BCUT2D eigenvalue weighted by Crippen LogP contribution is 2.20. The predicted molar refractivity (Wildman–Crippen MR) is 109 cm³/mol. The van der Waals surface area contributed by atoms with Crippen LogP contribution in [0.1, 0.15) is 27.2 Å². The zero-order chi connectivity index (χ0) is 19.2. The number of anilines is 2. The van der Waals surface area contributed by atoms with Gasteiger partial charge in [-0.25, -0.2) is 9.97 Å². The van der Waals surface area contributed by atoms with E-state index in [1.54, 1.807) is 12.3 Å². The number of aryl methyl sites for hydroxylation is 1. The Labute approximate surface area is 163 Å². The number of carbonyl (C=O) groups is 1. The monoisotopic (exact) mass is 380 g/mol. The molecule has 0 spiro atoms. The number of carbonyl (C=O) groups excluding carboxylic acids is 1. The molecule has 5 nitrogen and oxygen atoms in total. The minimum Gasteiger partial charge on any atom is -0.350 e. The van der Waals surface area contributed by atoms with E-state index < -0.39 is 0 Å². The molecule has 1 heterocycles. The molecule has 3 aromatic rings. The van der Waals surface area contributed by atoms with Gasteiger partial charge >= 0.3 is 0 Å². The molecule has 0 fully saturated rings. The van der Waals surface area contributed by atoms with Crippen LogP contribution in [0.3, 0.4) is 0 Å². The van der Waals surface area contributed by atoms with Gasteiger partial charge < -0.3 is 10.6 Å². The summed E-state index contributed by atoms with van der Waals surface area (Å²) < 4.78 is 0. The molecule has 1 amide bonds. The van der Waals surface area contributed by atoms with Crippen molar-refractivity contribution in [2.75, 3.05) is 11.9 Å². The first kappa shape index (κ1) is 18.9. The maximum atomic E-state index is 12.4. The Morgan fingerprint density at radius 3 is 2.74 bits per heavy atom. The van der Waals surface area contributed by atoms with Crippen LogP contribution in [-0.4, -0.2) is 22.4 Å². The molecule has 0 bridgehead atoms. The quantitative estimate of drug-likeness (QED) is 0.662. The number of aromatic nitrogens is 2. The van der Waals surface area contributed by atoms with Crippen LogP contribution in [0, 0.1) is 13.8 Å². The van der Waals surface area contributed by atoms with Crippen molar-refractivity contribution in [1.82, 2.24) is 15.3 Å². The molecule has 138 valence electrons. The molecule has 27 heavy (non-hydrogen) atoms. The lowest BCUT2D eigenvalue weighted by Gasteiger charge is -2.11. The van der Waals surface area contributed by atoms with E-state index in [9.17, 15) is 4.79 Å². The molecule has 0 unspecified atom stereocenters. The van der Waals surface area contributed by atoms with Crippen LogP contribution >= 0.6 is 11.6 Å². The minimum atomic E-state index is -0.233. The van der Waals surface area contributed by atoms with Crippen LogP contribution in [0.25, 0.3) is 0 Å². The molecule has 0 saturated carbocycles. The predicted octanol–water partition coefficient (Wildman–Crippen LogP) is 4.46. The van der Waals surface area contributed by atoms with Crippen LogP contribution in [0.2, 0.25) is 5.02 Å². The Kier molecular flexibility index (Phi) is 6.04. The highest BCUT2D eigenvalue weighted by atomic mass is 35.5. The Balaban J connectivity index is 1.62. The third-order valence-corrected chi connectivity index (χ3v) is 4.56. The Hall–Kier alpha value is -2.92. The summed E-state index contributed by atoms with van der Waals surface area (Å²) in [6.45, 7) is 4.58. The summed E-state index contributed by atoms with van der Waals surface area (Å²) >= 11 is 5.98. The average molecular weight is 381 g/mol. The van der Waals surface area contributed by atoms with Crippen molar-refractivity contribution >= 4 is 29.1 Å². The van der Waals surface area contributed by atoms with Crippen LogP contribution in [0.15, 0.2) is 54.7 Å². The zero-order valence-electron chi connectivity index (χ0n) is 15.3. The first-order valence-electron chi connectivity index (χ1n) is 8.72. The SMILES string of the molecule is Cc1cccc(Nc2nccc(C(=O)NCCc3cccc(Cl)c3)n2)c1C. The van der Waals surface area contributed by atoms with E-state index in [0.717, 1.165) is 16.8 Å². The van der Waals surface area contributed by atoms with Crippen molar-refractivity contribution in [3.05, 3.63) is 82.1 Å². The molecule has 2 aromatic carbocycles. The second-order valence-corrected chi connectivity index (χ2v) is 6.71. The van der Waals surface area contributed by atoms with Gasteiger partial charge in [-0.05, 0) is 61.2 Å². The van der Waals surface area contributed by atoms with E-state index in [4.69, 9.17) is 11.6 Å². The Morgan fingerprint density at radius 2 is 1.93 bits per heavy atom. The van der Waals surface area contributed by atoms with Crippen LogP contribution < -0.4 is 10.6 Å². The van der Waals surface area contributed by atoms with E-state index in [0.29, 0.717) is 29.6 Å². The first-order chi connectivity index (χ1) is 13.0. The second-order valence-electron chi connectivity index (χ2n) is 6.27. The number of benzene rings is 2. The molecular weight excluding hydrogens is 360 g/mol. The third kappa shape index (κ3) is 5.05. The lowest BCUT2D eigenvalue weighted by molar-refractivity contribution is 0.0949. The summed E-state index contributed by atoms with van der Waals surface area (Å²) in [6.07, 6.45) is 2.28. The summed E-state index contributed by atoms with van der Waals surface area (Å²) in [5.41, 5.74) is 4.62. The van der Waals surface area contributed by atoms with Crippen molar-refractivity contribution in [1.29, 1.82) is 0 Å². The van der Waals surface area contributed by atoms with Crippen molar-refractivity contribution in [2.24, 2.45) is 0 Å². The normalized spacial score (nSPS) is 10.5. The fourth-order valence-corrected chi connectivity index (χ4v) is 2.87. The Morgan fingerprint density at radius 1 is 1.11 bits per heavy atom. The smallest absolute Gasteiger partial charge is 0.270 e. The second kappa shape index (κ2) is 8.64. The fraction of sp³-hybridized carbons (Fsp3) is 0.190. The molecule has 0 aliphatic carbocycles. The lowest BCUT2D eigenvalue weighted by Crippen LogP contribution is -2.26. The molecule has 0 aliphatic rings. The van der Waals surface area contributed by atoms with Gasteiger partial charge in [0.25, 0.3) is 5.91 Å². The largest absolute Gasteiger partial charge is 0.350 e. The number of halogens is 1. The maximum absolute atomic E-state index is 12.4. The summed E-state index contributed by atoms with van der Waals surface area (Å²) in [5, 5.41) is 6.75.